The second-order valence-electron chi connectivity index (χ2n) is 11.2. The predicted octanol–water partition coefficient (Wildman–Crippen LogP) is 5.23. The predicted molar refractivity (Wildman–Crippen MR) is 176 cm³/mol. The van der Waals surface area contributed by atoms with Crippen LogP contribution in [0.25, 0.3) is 0 Å². The Kier molecular flexibility index (Phi) is 14.9. The van der Waals surface area contributed by atoms with Crippen molar-refractivity contribution in [2.45, 2.75) is 19.9 Å². The van der Waals surface area contributed by atoms with Gasteiger partial charge in [-0.25, -0.2) is 4.74 Å². The molecule has 0 rings (SSSR count). The first-order valence-electron chi connectivity index (χ1n) is 12.7. The van der Waals surface area contributed by atoms with E-state index >= 15 is 0 Å². The summed E-state index contributed by atoms with van der Waals surface area (Å²) in [7, 11) is 27.3. The Morgan fingerprint density at radius 1 is 0.342 bits per heavy atom. The maximum Gasteiger partial charge on any atom is 0.306 e. The zero-order chi connectivity index (χ0) is 30.6. The Morgan fingerprint density at radius 3 is 0.605 bits per heavy atom. The number of hydrogen-bond donors (Lipinski definition) is 0. The molecule has 0 unspecified atom stereocenters. The molecule has 0 heterocycles. The van der Waals surface area contributed by atoms with E-state index in [4.69, 9.17) is 18.3 Å². The van der Waals surface area contributed by atoms with Crippen molar-refractivity contribution in [1.29, 1.82) is 0 Å². The highest BCUT2D eigenvalue weighted by molar-refractivity contribution is 7.80. The molecule has 0 spiro atoms. The number of hydrogen-bond acceptors (Lipinski definition) is 1. The summed E-state index contributed by atoms with van der Waals surface area (Å²) in [4.78, 5) is 0. The van der Waals surface area contributed by atoms with Crippen LogP contribution < -0.4 is 0 Å². The SMILES string of the molecule is CC(C)N=P(N=P(N(C)C)(N(C)C)N(C)C)(N=P(N(C)C)(N(C)C)N(C)C)N=P(N(C)C)(N(C)C)N(C)C. The quantitative estimate of drug-likeness (QED) is 0.258. The molecule has 0 aliphatic carbocycles. The highest BCUT2D eigenvalue weighted by atomic mass is 31.3. The molecule has 38 heavy (non-hydrogen) atoms. The van der Waals surface area contributed by atoms with Gasteiger partial charge in [-0.2, -0.15) is 13.5 Å². The molecule has 230 valence electrons. The van der Waals surface area contributed by atoms with Crippen LogP contribution in [0, 0.1) is 0 Å². The summed E-state index contributed by atoms with van der Waals surface area (Å²) in [6.45, 7) is 4.22. The lowest BCUT2D eigenvalue weighted by atomic mass is 10.4. The number of rotatable bonds is 13. The molecule has 0 radical (unpaired) electrons. The van der Waals surface area contributed by atoms with Crippen molar-refractivity contribution in [3.8, 4) is 0 Å². The Labute approximate surface area is 237 Å². The van der Waals surface area contributed by atoms with E-state index in [-0.39, 0.29) is 6.04 Å². The molecule has 0 saturated carbocycles. The van der Waals surface area contributed by atoms with Gasteiger partial charge in [0, 0.05) is 6.04 Å². The smallest absolute Gasteiger partial charge is 0.252 e. The average molecular weight is 620 g/mol. The van der Waals surface area contributed by atoms with Crippen molar-refractivity contribution in [1.82, 2.24) is 42.0 Å². The molecule has 17 heteroatoms. The van der Waals surface area contributed by atoms with Gasteiger partial charge in [0.1, 0.15) is 0 Å². The zero-order valence-corrected chi connectivity index (χ0v) is 31.8. The summed E-state index contributed by atoms with van der Waals surface area (Å²) >= 11 is 0. The summed E-state index contributed by atoms with van der Waals surface area (Å²) in [5.41, 5.74) is 0. The molecule has 0 aromatic carbocycles. The maximum absolute atomic E-state index is 5.84. The molecule has 0 aromatic heterocycles. The van der Waals surface area contributed by atoms with E-state index < -0.39 is 30.0 Å². The van der Waals surface area contributed by atoms with Crippen LogP contribution in [0.1, 0.15) is 13.8 Å². The lowest BCUT2D eigenvalue weighted by Gasteiger charge is -2.46. The monoisotopic (exact) mass is 619 g/mol. The third kappa shape index (κ3) is 7.69. The first-order valence-corrected chi connectivity index (χ1v) is 19.1. The number of nitrogens with zero attached hydrogens (tertiary/aromatic N) is 13. The molecule has 0 aliphatic rings. The van der Waals surface area contributed by atoms with Gasteiger partial charge in [-0.15, -0.1) is 0 Å². The van der Waals surface area contributed by atoms with Crippen LogP contribution in [-0.2, 0) is 0 Å². The van der Waals surface area contributed by atoms with Crippen molar-refractivity contribution < 1.29 is 0 Å². The summed E-state index contributed by atoms with van der Waals surface area (Å²) in [6.07, 6.45) is 0. The van der Waals surface area contributed by atoms with Gasteiger partial charge in [-0.05, 0) is 141 Å². The molecule has 0 saturated heterocycles. The summed E-state index contributed by atoms with van der Waals surface area (Å²) in [5, 5.41) is 0. The lowest BCUT2D eigenvalue weighted by Crippen LogP contribution is -2.32. The van der Waals surface area contributed by atoms with Gasteiger partial charge < -0.3 is 0 Å². The molecule has 0 atom stereocenters. The van der Waals surface area contributed by atoms with Gasteiger partial charge in [0.25, 0.3) is 0 Å². The van der Waals surface area contributed by atoms with Crippen molar-refractivity contribution in [2.24, 2.45) is 18.3 Å². The van der Waals surface area contributed by atoms with Gasteiger partial charge in [-0.3, -0.25) is 42.0 Å². The fourth-order valence-electron chi connectivity index (χ4n) is 4.86. The van der Waals surface area contributed by atoms with E-state index in [1.807, 2.05) is 0 Å². The van der Waals surface area contributed by atoms with E-state index in [0.29, 0.717) is 0 Å². The molecular weight excluding hydrogens is 558 g/mol. The van der Waals surface area contributed by atoms with E-state index in [2.05, 4.69) is 183 Å². The fourth-order valence-corrected chi connectivity index (χ4v) is 23.5. The summed E-state index contributed by atoms with van der Waals surface area (Å²) in [6, 6.07) is -0.0188. The average Bonchev–Trinajstić information content (AvgIpc) is 2.71. The first-order chi connectivity index (χ1) is 17.0. The molecule has 0 aliphatic heterocycles. The normalized spacial score (nSPS) is 14.6. The lowest BCUT2D eigenvalue weighted by molar-refractivity contribution is 0.472. The van der Waals surface area contributed by atoms with Gasteiger partial charge in [0.2, 0.25) is 0 Å². The van der Waals surface area contributed by atoms with Gasteiger partial charge in [0.15, 0.2) is 22.5 Å². The van der Waals surface area contributed by atoms with Crippen molar-refractivity contribution in [3.05, 3.63) is 0 Å². The Morgan fingerprint density at radius 2 is 0.500 bits per heavy atom. The molecular formula is C21H61N13P4. The van der Waals surface area contributed by atoms with Crippen LogP contribution in [0.5, 0.6) is 0 Å². The van der Waals surface area contributed by atoms with Crippen molar-refractivity contribution >= 4 is 30.0 Å². The highest BCUT2D eigenvalue weighted by Crippen LogP contribution is 2.78. The second-order valence-corrected chi connectivity index (χ2v) is 25.1. The minimum Gasteiger partial charge on any atom is -0.252 e. The molecule has 0 N–H and O–H groups in total. The summed E-state index contributed by atoms with van der Waals surface area (Å²) < 4.78 is 43.0. The Balaban J connectivity index is 9.24. The highest BCUT2D eigenvalue weighted by Gasteiger charge is 2.41. The maximum atomic E-state index is 5.84. The van der Waals surface area contributed by atoms with Crippen molar-refractivity contribution in [2.75, 3.05) is 127 Å². The summed E-state index contributed by atoms with van der Waals surface area (Å²) in [5.74, 6) is 0. The standard InChI is InChI=1S/C21H61N13P4/c1-21(2)22-35(23-36(26(3)4,27(5)6)28(7)8,24-37(29(9)10,30(11)12)31(13)14)25-38(32(15)16,33(17)18)34(19)20/h21H,1-20H3. The second kappa shape index (κ2) is 14.6. The van der Waals surface area contributed by atoms with Crippen LogP contribution in [0.15, 0.2) is 18.3 Å². The molecule has 0 fully saturated rings. The van der Waals surface area contributed by atoms with Crippen LogP contribution in [0.4, 0.5) is 0 Å². The van der Waals surface area contributed by atoms with E-state index in [0.717, 1.165) is 0 Å². The van der Waals surface area contributed by atoms with E-state index in [1.165, 1.54) is 0 Å². The Hall–Kier alpha value is 0.560. The van der Waals surface area contributed by atoms with E-state index in [1.54, 1.807) is 0 Å². The van der Waals surface area contributed by atoms with Crippen molar-refractivity contribution in [3.63, 3.8) is 0 Å². The van der Waals surface area contributed by atoms with Crippen LogP contribution >= 0.6 is 30.0 Å². The molecule has 0 amide bonds. The minimum atomic E-state index is -3.13. The van der Waals surface area contributed by atoms with Crippen LogP contribution in [-0.4, -0.2) is 175 Å². The molecule has 0 aromatic rings. The zero-order valence-electron chi connectivity index (χ0n) is 28.2. The molecule has 13 nitrogen and oxygen atoms in total. The Bertz CT molecular complexity index is 780. The van der Waals surface area contributed by atoms with Crippen LogP contribution in [0.3, 0.4) is 0 Å². The third-order valence-corrected chi connectivity index (χ3v) is 22.1. The van der Waals surface area contributed by atoms with Crippen LogP contribution in [0.2, 0.25) is 0 Å². The first kappa shape index (κ1) is 38.6. The van der Waals surface area contributed by atoms with Gasteiger partial charge >= 0.3 is 7.51 Å². The topological polar surface area (TPSA) is 78.6 Å². The van der Waals surface area contributed by atoms with Gasteiger partial charge in [-0.1, -0.05) is 0 Å². The fraction of sp³-hybridized carbons (Fsp3) is 1.00. The minimum absolute atomic E-state index is 0.0188. The molecule has 0 bridgehead atoms. The van der Waals surface area contributed by atoms with Gasteiger partial charge in [0.05, 0.1) is 0 Å². The van der Waals surface area contributed by atoms with E-state index in [9.17, 15) is 0 Å². The largest absolute Gasteiger partial charge is 0.306 e. The third-order valence-electron chi connectivity index (χ3n) is 5.94.